The van der Waals surface area contributed by atoms with E-state index in [4.69, 9.17) is 21.7 Å². The standard InChI is InChI=1S/C20H29N5O2S/c1-5-25-14-16(15(2)22-25)13-23-8-10-24(11-9-23)20(28)21-18-12-17(26-3)6-7-19(18)27-4/h6-7,12,14H,5,8-11,13H2,1-4H3,(H,21,28). The van der Waals surface area contributed by atoms with Gasteiger partial charge in [-0.1, -0.05) is 0 Å². The van der Waals surface area contributed by atoms with Crippen LogP contribution in [0, 0.1) is 6.92 Å². The third-order valence-electron chi connectivity index (χ3n) is 5.07. The minimum atomic E-state index is 0.709. The number of ether oxygens (including phenoxy) is 2. The lowest BCUT2D eigenvalue weighted by Gasteiger charge is -2.36. The second-order valence-electron chi connectivity index (χ2n) is 6.86. The summed E-state index contributed by atoms with van der Waals surface area (Å²) in [6.45, 7) is 9.74. The Bertz CT molecular complexity index is 815. The van der Waals surface area contributed by atoms with Gasteiger partial charge in [0, 0.05) is 57.1 Å². The molecule has 0 radical (unpaired) electrons. The summed E-state index contributed by atoms with van der Waals surface area (Å²) < 4.78 is 12.7. The number of nitrogens with zero attached hydrogens (tertiary/aromatic N) is 4. The van der Waals surface area contributed by atoms with Gasteiger partial charge in [-0.25, -0.2) is 0 Å². The zero-order valence-electron chi connectivity index (χ0n) is 17.1. The van der Waals surface area contributed by atoms with Crippen molar-refractivity contribution in [1.29, 1.82) is 0 Å². The lowest BCUT2D eigenvalue weighted by atomic mass is 10.2. The Hall–Kier alpha value is -2.32. The highest BCUT2D eigenvalue weighted by Crippen LogP contribution is 2.29. The largest absolute Gasteiger partial charge is 0.497 e. The van der Waals surface area contributed by atoms with E-state index in [9.17, 15) is 0 Å². The molecule has 0 spiro atoms. The summed E-state index contributed by atoms with van der Waals surface area (Å²) >= 11 is 5.64. The molecule has 28 heavy (non-hydrogen) atoms. The fourth-order valence-electron chi connectivity index (χ4n) is 3.33. The Morgan fingerprint density at radius 3 is 2.54 bits per heavy atom. The lowest BCUT2D eigenvalue weighted by molar-refractivity contribution is 0.176. The third-order valence-corrected chi connectivity index (χ3v) is 5.43. The molecule has 3 rings (SSSR count). The number of thiocarbonyl (C=S) groups is 1. The maximum absolute atomic E-state index is 5.64. The van der Waals surface area contributed by atoms with Crippen molar-refractivity contribution in [2.24, 2.45) is 0 Å². The van der Waals surface area contributed by atoms with Crippen LogP contribution in [0.15, 0.2) is 24.4 Å². The molecule has 152 valence electrons. The molecule has 1 N–H and O–H groups in total. The lowest BCUT2D eigenvalue weighted by Crippen LogP contribution is -2.49. The highest BCUT2D eigenvalue weighted by atomic mass is 32.1. The van der Waals surface area contributed by atoms with Crippen LogP contribution in [0.2, 0.25) is 0 Å². The highest BCUT2D eigenvalue weighted by Gasteiger charge is 2.21. The molecule has 2 heterocycles. The van der Waals surface area contributed by atoms with Crippen LogP contribution in [0.5, 0.6) is 11.5 Å². The van der Waals surface area contributed by atoms with E-state index in [-0.39, 0.29) is 0 Å². The molecule has 0 saturated carbocycles. The van der Waals surface area contributed by atoms with Crippen LogP contribution in [-0.2, 0) is 13.1 Å². The first-order valence-corrected chi connectivity index (χ1v) is 9.98. The average Bonchev–Trinajstić information content (AvgIpc) is 3.08. The zero-order chi connectivity index (χ0) is 20.1. The Morgan fingerprint density at radius 1 is 1.18 bits per heavy atom. The van der Waals surface area contributed by atoms with Crippen molar-refractivity contribution in [3.05, 3.63) is 35.7 Å². The molecule has 0 bridgehead atoms. The summed E-state index contributed by atoms with van der Waals surface area (Å²) in [4.78, 5) is 4.66. The summed E-state index contributed by atoms with van der Waals surface area (Å²) in [5.41, 5.74) is 3.24. The number of nitrogens with one attached hydrogen (secondary N) is 1. The number of benzene rings is 1. The smallest absolute Gasteiger partial charge is 0.173 e. The molecule has 0 unspecified atom stereocenters. The second kappa shape index (κ2) is 9.25. The second-order valence-corrected chi connectivity index (χ2v) is 7.24. The number of methoxy groups -OCH3 is 2. The van der Waals surface area contributed by atoms with E-state index in [0.29, 0.717) is 5.11 Å². The van der Waals surface area contributed by atoms with E-state index < -0.39 is 0 Å². The van der Waals surface area contributed by atoms with Crippen molar-refractivity contribution >= 4 is 23.0 Å². The normalized spacial score (nSPS) is 14.8. The van der Waals surface area contributed by atoms with Gasteiger partial charge in [-0.2, -0.15) is 5.10 Å². The maximum atomic E-state index is 5.64. The molecular formula is C20H29N5O2S. The molecular weight excluding hydrogens is 374 g/mol. The van der Waals surface area contributed by atoms with Gasteiger partial charge in [-0.05, 0) is 38.2 Å². The molecule has 0 aliphatic carbocycles. The summed E-state index contributed by atoms with van der Waals surface area (Å²) in [7, 11) is 3.30. The van der Waals surface area contributed by atoms with Crippen LogP contribution in [0.1, 0.15) is 18.2 Å². The van der Waals surface area contributed by atoms with Gasteiger partial charge in [0.05, 0.1) is 25.6 Å². The van der Waals surface area contributed by atoms with Crippen molar-refractivity contribution in [1.82, 2.24) is 19.6 Å². The molecule has 7 nitrogen and oxygen atoms in total. The first-order chi connectivity index (χ1) is 13.5. The monoisotopic (exact) mass is 403 g/mol. The highest BCUT2D eigenvalue weighted by molar-refractivity contribution is 7.80. The first kappa shape index (κ1) is 20.4. The molecule has 1 aromatic carbocycles. The van der Waals surface area contributed by atoms with Crippen molar-refractivity contribution in [3.8, 4) is 11.5 Å². The molecule has 1 aromatic heterocycles. The van der Waals surface area contributed by atoms with Crippen molar-refractivity contribution in [3.63, 3.8) is 0 Å². The minimum absolute atomic E-state index is 0.709. The van der Waals surface area contributed by atoms with E-state index in [1.165, 1.54) is 5.56 Å². The van der Waals surface area contributed by atoms with Gasteiger partial charge in [-0.15, -0.1) is 0 Å². The molecule has 8 heteroatoms. The number of aryl methyl sites for hydroxylation is 2. The summed E-state index contributed by atoms with van der Waals surface area (Å²) in [5.74, 6) is 1.50. The maximum Gasteiger partial charge on any atom is 0.173 e. The summed E-state index contributed by atoms with van der Waals surface area (Å²) in [5, 5.41) is 8.56. The summed E-state index contributed by atoms with van der Waals surface area (Å²) in [6, 6.07) is 5.64. The Balaban J connectivity index is 1.56. The van der Waals surface area contributed by atoms with Crippen LogP contribution < -0.4 is 14.8 Å². The number of hydrogen-bond acceptors (Lipinski definition) is 5. The number of aromatic nitrogens is 2. The molecule has 0 amide bonds. The number of piperazine rings is 1. The number of rotatable bonds is 6. The van der Waals surface area contributed by atoms with Gasteiger partial charge in [-0.3, -0.25) is 9.58 Å². The van der Waals surface area contributed by atoms with Crippen LogP contribution in [0.3, 0.4) is 0 Å². The molecule has 1 aliphatic heterocycles. The first-order valence-electron chi connectivity index (χ1n) is 9.57. The zero-order valence-corrected chi connectivity index (χ0v) is 17.9. The number of hydrogen-bond donors (Lipinski definition) is 1. The van der Waals surface area contributed by atoms with E-state index in [0.717, 1.165) is 62.1 Å². The minimum Gasteiger partial charge on any atom is -0.497 e. The third kappa shape index (κ3) is 4.74. The van der Waals surface area contributed by atoms with Crippen LogP contribution in [-0.4, -0.2) is 65.1 Å². The van der Waals surface area contributed by atoms with Crippen LogP contribution >= 0.6 is 12.2 Å². The topological polar surface area (TPSA) is 54.8 Å². The fraction of sp³-hybridized carbons (Fsp3) is 0.500. The van der Waals surface area contributed by atoms with Crippen LogP contribution in [0.25, 0.3) is 0 Å². The average molecular weight is 404 g/mol. The quantitative estimate of drug-likeness (QED) is 0.744. The van der Waals surface area contributed by atoms with Crippen LogP contribution in [0.4, 0.5) is 5.69 Å². The summed E-state index contributed by atoms with van der Waals surface area (Å²) in [6.07, 6.45) is 2.16. The van der Waals surface area contributed by atoms with Crippen molar-refractivity contribution in [2.75, 3.05) is 45.7 Å². The molecule has 0 atom stereocenters. The predicted molar refractivity (Wildman–Crippen MR) is 115 cm³/mol. The van der Waals surface area contributed by atoms with E-state index in [1.807, 2.05) is 22.9 Å². The predicted octanol–water partition coefficient (Wildman–Crippen LogP) is 2.74. The molecule has 1 saturated heterocycles. The van der Waals surface area contributed by atoms with E-state index >= 15 is 0 Å². The van der Waals surface area contributed by atoms with Gasteiger partial charge < -0.3 is 19.7 Å². The van der Waals surface area contributed by atoms with Gasteiger partial charge >= 0.3 is 0 Å². The van der Waals surface area contributed by atoms with Gasteiger partial charge in [0.15, 0.2) is 5.11 Å². The Labute approximate surface area is 172 Å². The van der Waals surface area contributed by atoms with Gasteiger partial charge in [0.2, 0.25) is 0 Å². The van der Waals surface area contributed by atoms with Crippen molar-refractivity contribution in [2.45, 2.75) is 26.9 Å². The molecule has 1 fully saturated rings. The number of anilines is 1. The van der Waals surface area contributed by atoms with E-state index in [2.05, 4.69) is 40.3 Å². The molecule has 2 aromatic rings. The van der Waals surface area contributed by atoms with E-state index in [1.54, 1.807) is 14.2 Å². The Morgan fingerprint density at radius 2 is 1.93 bits per heavy atom. The molecule has 1 aliphatic rings. The van der Waals surface area contributed by atoms with Gasteiger partial charge in [0.25, 0.3) is 0 Å². The fourth-order valence-corrected chi connectivity index (χ4v) is 3.62. The SMILES string of the molecule is CCn1cc(CN2CCN(C(=S)Nc3cc(OC)ccc3OC)CC2)c(C)n1. The van der Waals surface area contributed by atoms with Crippen molar-refractivity contribution < 1.29 is 9.47 Å². The Kier molecular flexibility index (Phi) is 6.74. The van der Waals surface area contributed by atoms with Gasteiger partial charge in [0.1, 0.15) is 11.5 Å².